The molecule has 0 aromatic rings. The Morgan fingerprint density at radius 3 is 2.02 bits per heavy atom. The fraction of sp³-hybridized carbons (Fsp3) is 0.902. The highest BCUT2D eigenvalue weighted by Crippen LogP contribution is 2.65. The quantitative estimate of drug-likeness (QED) is 0.114. The van der Waals surface area contributed by atoms with Crippen molar-refractivity contribution in [2.75, 3.05) is 19.8 Å². The van der Waals surface area contributed by atoms with Crippen LogP contribution < -0.4 is 0 Å². The Morgan fingerprint density at radius 2 is 1.43 bits per heavy atom. The van der Waals surface area contributed by atoms with Crippen LogP contribution in [-0.2, 0) is 18.9 Å². The first-order valence-electron chi connectivity index (χ1n) is 20.7. The minimum absolute atomic E-state index is 0.0647. The predicted molar refractivity (Wildman–Crippen MR) is 199 cm³/mol. The Hall–Kier alpha value is -1.12. The Bertz CT molecular complexity index is 1410. The summed E-state index contributed by atoms with van der Waals surface area (Å²) in [4.78, 5) is 0. The van der Waals surface area contributed by atoms with Crippen LogP contribution in [0.4, 0.5) is 0 Å². The summed E-state index contributed by atoms with van der Waals surface area (Å²) in [6.45, 7) is 8.51. The van der Waals surface area contributed by atoms with Crippen molar-refractivity contribution >= 4 is 0 Å². The zero-order valence-electron chi connectivity index (χ0n) is 33.4. The summed E-state index contributed by atoms with van der Waals surface area (Å²) in [5.74, 6) is -0.643. The van der Waals surface area contributed by atoms with Crippen molar-refractivity contribution in [2.24, 2.45) is 40.4 Å². The highest BCUT2D eigenvalue weighted by Gasteiger charge is 2.59. The highest BCUT2D eigenvalue weighted by atomic mass is 16.7. The summed E-state index contributed by atoms with van der Waals surface area (Å²) < 4.78 is 23.4. The van der Waals surface area contributed by atoms with Gasteiger partial charge in [-0.15, -0.1) is 0 Å². The second-order valence-corrected chi connectivity index (χ2v) is 18.6. The van der Waals surface area contributed by atoms with Crippen molar-refractivity contribution in [3.63, 3.8) is 0 Å². The average molecular weight is 801 g/mol. The van der Waals surface area contributed by atoms with E-state index >= 15 is 0 Å². The van der Waals surface area contributed by atoms with E-state index in [1.54, 1.807) is 6.92 Å². The van der Waals surface area contributed by atoms with E-state index in [1.165, 1.54) is 11.1 Å². The molecule has 322 valence electrons. The molecule has 3 unspecified atom stereocenters. The molecular formula is C41H68O15. The summed E-state index contributed by atoms with van der Waals surface area (Å²) in [5.41, 5.74) is 0.582. The number of rotatable bonds is 13. The van der Waals surface area contributed by atoms with E-state index in [4.69, 9.17) is 18.9 Å². The number of ether oxygens (including phenoxy) is 4. The van der Waals surface area contributed by atoms with Crippen molar-refractivity contribution < 1.29 is 75.1 Å². The smallest absolute Gasteiger partial charge is 0.187 e. The molecule has 6 rings (SSSR count). The standard InChI is InChI=1S/C41H68O15/c1-19(2)41(52,20(3)53-37-35(50)33(48)31(46)28(17-43)55-37)13-8-21(16-42)30-27(45)15-26-24-7-6-22-14-23(9-11-39(22,4)25(24)10-12-40(26,30)5)54-38-36(51)34(49)32(47)29(18-44)56-38/h7,10,19-23,26-38,42-52H,6,8-9,11-18H2,1-5H3/t20-,21?,22?,23+,26?,27-,28-,29-,30+,31-,32-,33+,34+,35-,36-,37-,38-,39+,40+,41-/m1/s1. The van der Waals surface area contributed by atoms with Gasteiger partial charge in [0.05, 0.1) is 37.1 Å². The van der Waals surface area contributed by atoms with Crippen molar-refractivity contribution in [1.82, 2.24) is 0 Å². The molecule has 0 amide bonds. The number of allylic oxidation sites excluding steroid dienone is 4. The maximum absolute atomic E-state index is 12.1. The van der Waals surface area contributed by atoms with E-state index < -0.39 is 92.4 Å². The van der Waals surface area contributed by atoms with Crippen molar-refractivity contribution in [3.8, 4) is 0 Å². The first-order chi connectivity index (χ1) is 26.4. The van der Waals surface area contributed by atoms with Crippen LogP contribution in [0.5, 0.6) is 0 Å². The van der Waals surface area contributed by atoms with E-state index in [0.717, 1.165) is 12.8 Å². The van der Waals surface area contributed by atoms with Crippen LogP contribution in [0.3, 0.4) is 0 Å². The summed E-state index contributed by atoms with van der Waals surface area (Å²) in [7, 11) is 0. The van der Waals surface area contributed by atoms with Gasteiger partial charge >= 0.3 is 0 Å². The maximum atomic E-state index is 12.1. The third-order valence-corrected chi connectivity index (χ3v) is 15.3. The van der Waals surface area contributed by atoms with E-state index in [2.05, 4.69) is 26.0 Å². The Labute approximate surface area is 329 Å². The molecule has 11 N–H and O–H groups in total. The second kappa shape index (κ2) is 17.1. The van der Waals surface area contributed by atoms with Crippen LogP contribution in [0.2, 0.25) is 0 Å². The van der Waals surface area contributed by atoms with Gasteiger partial charge in [-0.1, -0.05) is 39.8 Å². The molecule has 0 spiro atoms. The predicted octanol–water partition coefficient (Wildman–Crippen LogP) is -0.378. The molecule has 2 heterocycles. The molecule has 6 aliphatic rings. The molecule has 56 heavy (non-hydrogen) atoms. The fourth-order valence-corrected chi connectivity index (χ4v) is 11.5. The minimum atomic E-state index is -1.62. The van der Waals surface area contributed by atoms with Gasteiger partial charge in [-0.2, -0.15) is 0 Å². The SMILES string of the molecule is CC(C)[C@](O)(CCC(CO)[C@H]1[C@H](O)CC2C3=CCC4C[C@@H](O[C@@H]5O[C@H](CO)[C@@H](O)[C@H](O)[C@H]5O)CC[C@]4(C)C3=CC[C@@]21C)[C@@H](C)O[C@@H]1O[C@H](CO)[C@@H](O)[C@H](O)[C@H]1O. The molecule has 20 atom stereocenters. The molecule has 0 radical (unpaired) electrons. The van der Waals surface area contributed by atoms with Gasteiger partial charge in [0.15, 0.2) is 12.6 Å². The minimum Gasteiger partial charge on any atom is -0.396 e. The molecule has 0 aromatic carbocycles. The van der Waals surface area contributed by atoms with Crippen LogP contribution in [0.15, 0.2) is 23.3 Å². The lowest BCUT2D eigenvalue weighted by Crippen LogP contribution is -2.61. The molecule has 0 bridgehead atoms. The van der Waals surface area contributed by atoms with Gasteiger partial charge in [0.1, 0.15) is 48.8 Å². The van der Waals surface area contributed by atoms with Gasteiger partial charge in [0.25, 0.3) is 0 Å². The van der Waals surface area contributed by atoms with Crippen molar-refractivity contribution in [3.05, 3.63) is 23.3 Å². The van der Waals surface area contributed by atoms with Crippen LogP contribution in [0.1, 0.15) is 86.0 Å². The maximum Gasteiger partial charge on any atom is 0.187 e. The number of aliphatic hydroxyl groups is 11. The lowest BCUT2D eigenvalue weighted by molar-refractivity contribution is -0.324. The van der Waals surface area contributed by atoms with Gasteiger partial charge in [-0.3, -0.25) is 0 Å². The molecule has 15 heteroatoms. The molecule has 4 fully saturated rings. The van der Waals surface area contributed by atoms with Crippen LogP contribution in [0.25, 0.3) is 0 Å². The Balaban J connectivity index is 1.13. The number of hydrogen-bond acceptors (Lipinski definition) is 15. The van der Waals surface area contributed by atoms with E-state index in [-0.39, 0.29) is 59.6 Å². The summed E-state index contributed by atoms with van der Waals surface area (Å²) in [5, 5.41) is 116. The monoisotopic (exact) mass is 800 g/mol. The fourth-order valence-electron chi connectivity index (χ4n) is 11.5. The zero-order valence-corrected chi connectivity index (χ0v) is 33.4. The van der Waals surface area contributed by atoms with Gasteiger partial charge in [-0.05, 0) is 110 Å². The molecule has 0 aromatic heterocycles. The summed E-state index contributed by atoms with van der Waals surface area (Å²) in [6, 6.07) is 0. The molecule has 15 nitrogen and oxygen atoms in total. The number of hydrogen-bond donors (Lipinski definition) is 11. The lowest BCUT2D eigenvalue weighted by Gasteiger charge is -2.54. The zero-order chi connectivity index (χ0) is 41.1. The summed E-state index contributed by atoms with van der Waals surface area (Å²) >= 11 is 0. The molecule has 2 saturated carbocycles. The van der Waals surface area contributed by atoms with Gasteiger partial charge < -0.3 is 75.1 Å². The van der Waals surface area contributed by atoms with Crippen LogP contribution in [0, 0.1) is 40.4 Å². The number of fused-ring (bicyclic) bond motifs is 5. The summed E-state index contributed by atoms with van der Waals surface area (Å²) in [6.07, 6.45) is -6.32. The van der Waals surface area contributed by atoms with Gasteiger partial charge in [0.2, 0.25) is 0 Å². The van der Waals surface area contributed by atoms with Crippen LogP contribution >= 0.6 is 0 Å². The normalized spacial score (nSPS) is 47.6. The van der Waals surface area contributed by atoms with Crippen molar-refractivity contribution in [2.45, 2.75) is 171 Å². The molecule has 2 saturated heterocycles. The van der Waals surface area contributed by atoms with E-state index in [9.17, 15) is 56.2 Å². The Morgan fingerprint density at radius 1 is 0.821 bits per heavy atom. The lowest BCUT2D eigenvalue weighted by atomic mass is 9.51. The second-order valence-electron chi connectivity index (χ2n) is 18.6. The van der Waals surface area contributed by atoms with Crippen LogP contribution in [-0.4, -0.2) is 161 Å². The van der Waals surface area contributed by atoms with E-state index in [0.29, 0.717) is 32.1 Å². The van der Waals surface area contributed by atoms with Crippen molar-refractivity contribution in [1.29, 1.82) is 0 Å². The number of aliphatic hydroxyl groups excluding tert-OH is 10. The third-order valence-electron chi connectivity index (χ3n) is 15.3. The molecular weight excluding hydrogens is 732 g/mol. The third kappa shape index (κ3) is 7.71. The first kappa shape index (κ1) is 44.4. The average Bonchev–Trinajstić information content (AvgIpc) is 3.44. The molecule has 2 aliphatic heterocycles. The van der Waals surface area contributed by atoms with E-state index in [1.807, 2.05) is 13.8 Å². The van der Waals surface area contributed by atoms with Gasteiger partial charge in [0, 0.05) is 6.61 Å². The highest BCUT2D eigenvalue weighted by molar-refractivity contribution is 5.46. The van der Waals surface area contributed by atoms with Gasteiger partial charge in [-0.25, -0.2) is 0 Å². The largest absolute Gasteiger partial charge is 0.396 e. The molecule has 4 aliphatic carbocycles. The topological polar surface area (TPSA) is 259 Å². The first-order valence-corrected chi connectivity index (χ1v) is 20.7. The Kier molecular flexibility index (Phi) is 13.6.